The van der Waals surface area contributed by atoms with E-state index < -0.39 is 0 Å². The monoisotopic (exact) mass is 260 g/mol. The zero-order chi connectivity index (χ0) is 12.5. The number of hydrogen-bond donors (Lipinski definition) is 1. The molecule has 0 fully saturated rings. The summed E-state index contributed by atoms with van der Waals surface area (Å²) in [6.45, 7) is 8.14. The van der Waals surface area contributed by atoms with E-state index in [1.165, 1.54) is 0 Å². The SMILES string of the molecule is CC(C)c1cc([C](=O)[Mn])c(O)c(C(C)C)c1. The van der Waals surface area contributed by atoms with E-state index in [4.69, 9.17) is 0 Å². The molecular weight excluding hydrogens is 243 g/mol. The molecular formula is C13H17MnO2. The summed E-state index contributed by atoms with van der Waals surface area (Å²) in [6, 6.07) is 3.73. The molecule has 2 nitrogen and oxygen atoms in total. The molecule has 1 aromatic rings. The first-order chi connectivity index (χ1) is 7.34. The van der Waals surface area contributed by atoms with Gasteiger partial charge in [0.15, 0.2) is 0 Å². The van der Waals surface area contributed by atoms with Crippen molar-refractivity contribution >= 4 is 4.68 Å². The molecule has 88 valence electrons. The Balaban J connectivity index is 3.45. The van der Waals surface area contributed by atoms with Crippen molar-refractivity contribution in [2.24, 2.45) is 0 Å². The molecule has 0 amide bonds. The number of phenolic OH excluding ortho intramolecular Hbond substituents is 1. The summed E-state index contributed by atoms with van der Waals surface area (Å²) < 4.78 is -0.269. The van der Waals surface area contributed by atoms with Crippen molar-refractivity contribution in [2.45, 2.75) is 39.5 Å². The fraction of sp³-hybridized carbons (Fsp3) is 0.462. The van der Waals surface area contributed by atoms with Gasteiger partial charge in [0.1, 0.15) is 0 Å². The summed E-state index contributed by atoms with van der Waals surface area (Å²) in [7, 11) is 0. The Morgan fingerprint density at radius 3 is 2.12 bits per heavy atom. The molecule has 0 bridgehead atoms. The van der Waals surface area contributed by atoms with E-state index in [1.54, 1.807) is 6.07 Å². The van der Waals surface area contributed by atoms with Gasteiger partial charge in [-0.05, 0) is 0 Å². The van der Waals surface area contributed by atoms with Crippen LogP contribution in [0.2, 0.25) is 0 Å². The van der Waals surface area contributed by atoms with Crippen molar-refractivity contribution in [2.75, 3.05) is 0 Å². The maximum atomic E-state index is 11.4. The fourth-order valence-electron chi connectivity index (χ4n) is 1.60. The topological polar surface area (TPSA) is 37.3 Å². The van der Waals surface area contributed by atoms with Gasteiger partial charge in [0.05, 0.1) is 0 Å². The van der Waals surface area contributed by atoms with E-state index in [0.717, 1.165) is 11.1 Å². The molecule has 1 N–H and O–H groups in total. The number of phenols is 1. The molecule has 0 aliphatic heterocycles. The van der Waals surface area contributed by atoms with Gasteiger partial charge in [-0.3, -0.25) is 0 Å². The van der Waals surface area contributed by atoms with Crippen molar-refractivity contribution in [3.05, 3.63) is 28.8 Å². The number of aromatic hydroxyl groups is 1. The molecule has 3 heteroatoms. The van der Waals surface area contributed by atoms with Crippen LogP contribution in [0.1, 0.15) is 61.0 Å². The number of hydrogen-bond acceptors (Lipinski definition) is 2. The quantitative estimate of drug-likeness (QED) is 0.846. The van der Waals surface area contributed by atoms with Crippen LogP contribution in [-0.2, 0) is 16.0 Å². The number of rotatable bonds is 3. The molecule has 0 saturated heterocycles. The molecule has 1 aromatic carbocycles. The van der Waals surface area contributed by atoms with Crippen molar-refractivity contribution in [1.29, 1.82) is 0 Å². The first-order valence-electron chi connectivity index (χ1n) is 5.41. The zero-order valence-corrected chi connectivity index (χ0v) is 11.2. The molecule has 0 heterocycles. The van der Waals surface area contributed by atoms with Crippen LogP contribution >= 0.6 is 0 Å². The van der Waals surface area contributed by atoms with Crippen LogP contribution in [0.25, 0.3) is 0 Å². The van der Waals surface area contributed by atoms with Gasteiger partial charge in [-0.15, -0.1) is 0 Å². The molecule has 0 aromatic heterocycles. The fourth-order valence-corrected chi connectivity index (χ4v) is 1.83. The van der Waals surface area contributed by atoms with Crippen molar-refractivity contribution in [1.82, 2.24) is 0 Å². The Morgan fingerprint density at radius 1 is 1.19 bits per heavy atom. The molecule has 0 aliphatic carbocycles. The van der Waals surface area contributed by atoms with Gasteiger partial charge in [-0.2, -0.15) is 0 Å². The third-order valence-corrected chi connectivity index (χ3v) is 2.98. The van der Waals surface area contributed by atoms with Crippen LogP contribution < -0.4 is 0 Å². The summed E-state index contributed by atoms with van der Waals surface area (Å²) in [5.41, 5.74) is 2.26. The Hall–Kier alpha value is -0.791. The molecule has 0 unspecified atom stereocenters. The van der Waals surface area contributed by atoms with Crippen LogP contribution in [0.3, 0.4) is 0 Å². The van der Waals surface area contributed by atoms with E-state index in [1.807, 2.05) is 19.9 Å². The first-order valence-corrected chi connectivity index (χ1v) is 6.00. The second kappa shape index (κ2) is 5.03. The van der Waals surface area contributed by atoms with E-state index in [0.29, 0.717) is 11.5 Å². The van der Waals surface area contributed by atoms with Crippen molar-refractivity contribution in [3.8, 4) is 5.75 Å². The van der Waals surface area contributed by atoms with Gasteiger partial charge in [-0.25, -0.2) is 0 Å². The number of carbonyl (C=O) groups is 1. The molecule has 0 saturated carbocycles. The van der Waals surface area contributed by atoms with Gasteiger partial charge in [0.2, 0.25) is 0 Å². The van der Waals surface area contributed by atoms with Crippen LogP contribution in [0, 0.1) is 0 Å². The molecule has 0 radical (unpaired) electrons. The minimum absolute atomic E-state index is 0.0984. The summed E-state index contributed by atoms with van der Waals surface area (Å²) in [5.74, 6) is 0.634. The second-order valence-corrected chi connectivity index (χ2v) is 5.13. The van der Waals surface area contributed by atoms with Crippen LogP contribution in [-0.4, -0.2) is 9.79 Å². The normalized spacial score (nSPS) is 11.2. The standard InChI is InChI=1S/C13H17O2.Mn/c1-8(2)10-5-11(7-14)13(15)12(6-10)9(3)4;/h5-6,8-9,15H,1-4H3;. The Bertz CT molecular complexity index is 409. The summed E-state index contributed by atoms with van der Waals surface area (Å²) in [4.78, 5) is 11.4. The van der Waals surface area contributed by atoms with E-state index in [9.17, 15) is 9.90 Å². The van der Waals surface area contributed by atoms with Gasteiger partial charge in [0.25, 0.3) is 0 Å². The van der Waals surface area contributed by atoms with E-state index in [2.05, 4.69) is 29.9 Å². The van der Waals surface area contributed by atoms with Gasteiger partial charge < -0.3 is 0 Å². The van der Waals surface area contributed by atoms with Gasteiger partial charge in [0, 0.05) is 0 Å². The van der Waals surface area contributed by atoms with Gasteiger partial charge in [-0.1, -0.05) is 0 Å². The van der Waals surface area contributed by atoms with E-state index in [-0.39, 0.29) is 16.3 Å². The molecule has 16 heavy (non-hydrogen) atoms. The number of carbonyl (C=O) groups excluding carboxylic acids is 1. The maximum absolute atomic E-state index is 11.4. The third-order valence-electron chi connectivity index (χ3n) is 2.66. The summed E-state index contributed by atoms with van der Waals surface area (Å²) in [6.07, 6.45) is 0. The molecule has 0 aliphatic rings. The summed E-state index contributed by atoms with van der Waals surface area (Å²) in [5, 5.41) is 9.99. The first kappa shape index (κ1) is 13.3. The number of benzene rings is 1. The predicted octanol–water partition coefficient (Wildman–Crippen LogP) is 3.33. The van der Waals surface area contributed by atoms with Crippen LogP contribution in [0.15, 0.2) is 12.1 Å². The zero-order valence-electron chi connectivity index (χ0n) is 10.0. The average Bonchev–Trinajstić information content (AvgIpc) is 2.16. The second-order valence-electron chi connectivity index (χ2n) is 4.59. The summed E-state index contributed by atoms with van der Waals surface area (Å²) >= 11 is 2.90. The van der Waals surface area contributed by atoms with Crippen LogP contribution in [0.5, 0.6) is 5.75 Å². The Kier molecular flexibility index (Phi) is 4.17. The minimum atomic E-state index is -0.269. The average molecular weight is 260 g/mol. The molecule has 0 atom stereocenters. The predicted molar refractivity (Wildman–Crippen MR) is 60.6 cm³/mol. The van der Waals surface area contributed by atoms with Crippen molar-refractivity contribution < 1.29 is 25.9 Å². The Morgan fingerprint density at radius 2 is 1.75 bits per heavy atom. The van der Waals surface area contributed by atoms with Gasteiger partial charge >= 0.3 is 105 Å². The Labute approximate surface area is 105 Å². The third kappa shape index (κ3) is 2.66. The van der Waals surface area contributed by atoms with Crippen LogP contribution in [0.4, 0.5) is 0 Å². The molecule has 0 spiro atoms. The van der Waals surface area contributed by atoms with E-state index >= 15 is 0 Å². The molecule has 1 rings (SSSR count). The van der Waals surface area contributed by atoms with Crippen molar-refractivity contribution in [3.63, 3.8) is 0 Å².